The average molecular weight is 489 g/mol. The van der Waals surface area contributed by atoms with Gasteiger partial charge in [-0.2, -0.15) is 5.26 Å². The van der Waals surface area contributed by atoms with Crippen molar-refractivity contribution in [1.82, 2.24) is 14.8 Å². The normalized spacial score (nSPS) is 17.5. The number of carbonyl (C=O) groups is 1. The van der Waals surface area contributed by atoms with E-state index >= 15 is 0 Å². The Labute approximate surface area is 211 Å². The second-order valence-corrected chi connectivity index (χ2v) is 9.20. The summed E-state index contributed by atoms with van der Waals surface area (Å²) >= 11 is 0. The number of aryl methyl sites for hydroxylation is 1. The summed E-state index contributed by atoms with van der Waals surface area (Å²) in [7, 11) is 1.66. The molecule has 0 saturated carbocycles. The quantitative estimate of drug-likeness (QED) is 0.554. The third kappa shape index (κ3) is 4.59. The zero-order valence-corrected chi connectivity index (χ0v) is 20.9. The summed E-state index contributed by atoms with van der Waals surface area (Å²) in [5.41, 5.74) is 5.11. The van der Waals surface area contributed by atoms with Crippen LogP contribution in [0.5, 0.6) is 11.5 Å². The van der Waals surface area contributed by atoms with Crippen molar-refractivity contribution in [2.45, 2.75) is 32.2 Å². The zero-order chi connectivity index (χ0) is 25.1. The molecule has 8 heteroatoms. The minimum absolute atomic E-state index is 0.0634. The van der Waals surface area contributed by atoms with E-state index < -0.39 is 0 Å². The number of hydrogen-bond acceptors (Lipinski definition) is 5. The number of aromatic nitrogens is 1. The first kappa shape index (κ1) is 24.0. The molecule has 0 aliphatic carbocycles. The number of amides is 2. The minimum atomic E-state index is -0.0988. The largest absolute Gasteiger partial charge is 0.493 e. The lowest BCUT2D eigenvalue weighted by Crippen LogP contribution is -2.51. The van der Waals surface area contributed by atoms with E-state index in [2.05, 4.69) is 23.2 Å². The summed E-state index contributed by atoms with van der Waals surface area (Å²) in [5.74, 6) is 1.43. The molecule has 0 radical (unpaired) electrons. The topological polar surface area (TPSA) is 90.8 Å². The van der Waals surface area contributed by atoms with Gasteiger partial charge in [-0.25, -0.2) is 4.79 Å². The van der Waals surface area contributed by atoms with Crippen LogP contribution in [0.2, 0.25) is 0 Å². The lowest BCUT2D eigenvalue weighted by molar-refractivity contribution is 0.0376. The number of ether oxygens (including phenoxy) is 3. The Balaban J connectivity index is 1.49. The van der Waals surface area contributed by atoms with E-state index in [1.807, 2.05) is 41.1 Å². The number of morpholine rings is 1. The second kappa shape index (κ2) is 10.5. The van der Waals surface area contributed by atoms with Crippen molar-refractivity contribution in [3.8, 4) is 17.6 Å². The van der Waals surface area contributed by atoms with Crippen molar-refractivity contribution in [3.05, 3.63) is 58.8 Å². The Kier molecular flexibility index (Phi) is 7.01. The number of urea groups is 1. The molecule has 5 rings (SSSR count). The van der Waals surface area contributed by atoms with Gasteiger partial charge >= 0.3 is 6.03 Å². The molecule has 2 aromatic carbocycles. The van der Waals surface area contributed by atoms with E-state index in [4.69, 9.17) is 14.2 Å². The summed E-state index contributed by atoms with van der Waals surface area (Å²) in [6.07, 6.45) is 4.30. The molecule has 1 aromatic heterocycles. The number of benzene rings is 2. The summed E-state index contributed by atoms with van der Waals surface area (Å²) < 4.78 is 17.0. The number of hydrogen-bond donors (Lipinski definition) is 1. The first-order valence-electron chi connectivity index (χ1n) is 12.6. The van der Waals surface area contributed by atoms with Crippen molar-refractivity contribution in [1.29, 1.82) is 5.26 Å². The highest BCUT2D eigenvalue weighted by Crippen LogP contribution is 2.41. The molecule has 1 atom stereocenters. The van der Waals surface area contributed by atoms with Crippen LogP contribution in [-0.4, -0.2) is 67.4 Å². The summed E-state index contributed by atoms with van der Waals surface area (Å²) in [5, 5.41) is 10.4. The average Bonchev–Trinajstić information content (AvgIpc) is 3.33. The first-order chi connectivity index (χ1) is 17.6. The minimum Gasteiger partial charge on any atom is -0.493 e. The standard InChI is InChI=1S/C28H32N4O4/c1-3-36-27-16-23-20(15-26(27)34-2)8-9-32(28(33)31-10-12-35-13-11-31)25(23)7-5-21-18-30-24-6-4-19(17-29)14-22(21)24/h4,6,14-16,18,25,30H,3,5,7-13H2,1-2H3. The molecule has 3 heterocycles. The van der Waals surface area contributed by atoms with Gasteiger partial charge in [0, 0.05) is 36.7 Å². The highest BCUT2D eigenvalue weighted by Gasteiger charge is 2.34. The van der Waals surface area contributed by atoms with Crippen LogP contribution in [-0.2, 0) is 17.6 Å². The van der Waals surface area contributed by atoms with Gasteiger partial charge in [0.1, 0.15) is 0 Å². The van der Waals surface area contributed by atoms with Gasteiger partial charge in [-0.05, 0) is 73.2 Å². The highest BCUT2D eigenvalue weighted by molar-refractivity contribution is 5.84. The summed E-state index contributed by atoms with van der Waals surface area (Å²) in [4.78, 5) is 20.9. The van der Waals surface area contributed by atoms with E-state index in [0.29, 0.717) is 50.8 Å². The number of methoxy groups -OCH3 is 1. The highest BCUT2D eigenvalue weighted by atomic mass is 16.5. The maximum atomic E-state index is 13.7. The molecule has 36 heavy (non-hydrogen) atoms. The Morgan fingerprint density at radius 1 is 1.19 bits per heavy atom. The van der Waals surface area contributed by atoms with Gasteiger partial charge in [0.2, 0.25) is 0 Å². The van der Waals surface area contributed by atoms with Gasteiger partial charge in [0.15, 0.2) is 11.5 Å². The van der Waals surface area contributed by atoms with Crippen molar-refractivity contribution < 1.29 is 19.0 Å². The van der Waals surface area contributed by atoms with Gasteiger partial charge in [0.25, 0.3) is 0 Å². The Morgan fingerprint density at radius 3 is 2.78 bits per heavy atom. The van der Waals surface area contributed by atoms with Crippen molar-refractivity contribution in [3.63, 3.8) is 0 Å². The lowest BCUT2D eigenvalue weighted by Gasteiger charge is -2.41. The van der Waals surface area contributed by atoms with Crippen LogP contribution in [0.25, 0.3) is 10.9 Å². The van der Waals surface area contributed by atoms with E-state index in [0.717, 1.165) is 47.0 Å². The van der Waals surface area contributed by atoms with Gasteiger partial charge in [-0.1, -0.05) is 0 Å². The van der Waals surface area contributed by atoms with E-state index in [9.17, 15) is 10.1 Å². The molecular weight excluding hydrogens is 456 g/mol. The van der Waals surface area contributed by atoms with Crippen molar-refractivity contribution in [2.24, 2.45) is 0 Å². The van der Waals surface area contributed by atoms with Crippen molar-refractivity contribution >= 4 is 16.9 Å². The SMILES string of the molecule is CCOc1cc2c(cc1OC)CCN(C(=O)N1CCOCC1)C2CCc1c[nH]c2ccc(C#N)cc12. The maximum Gasteiger partial charge on any atom is 0.320 e. The number of aromatic amines is 1. The van der Waals surface area contributed by atoms with Gasteiger partial charge < -0.3 is 29.0 Å². The van der Waals surface area contributed by atoms with Gasteiger partial charge in [-0.15, -0.1) is 0 Å². The monoisotopic (exact) mass is 488 g/mol. The van der Waals surface area contributed by atoms with Crippen LogP contribution >= 0.6 is 0 Å². The Hall–Kier alpha value is -3.70. The molecule has 0 spiro atoms. The molecule has 0 bridgehead atoms. The number of fused-ring (bicyclic) bond motifs is 2. The predicted octanol–water partition coefficient (Wildman–Crippen LogP) is 4.43. The molecule has 188 valence electrons. The number of nitriles is 1. The fraction of sp³-hybridized carbons (Fsp3) is 0.429. The number of rotatable bonds is 6. The molecule has 2 aliphatic rings. The summed E-state index contributed by atoms with van der Waals surface area (Å²) in [6, 6.07) is 12.0. The lowest BCUT2D eigenvalue weighted by atomic mass is 9.88. The molecule has 2 aliphatic heterocycles. The predicted molar refractivity (Wildman–Crippen MR) is 136 cm³/mol. The Morgan fingerprint density at radius 2 is 2.03 bits per heavy atom. The Bertz CT molecular complexity index is 1290. The van der Waals surface area contributed by atoms with Crippen LogP contribution in [0.4, 0.5) is 4.79 Å². The molecule has 1 N–H and O–H groups in total. The molecule has 1 saturated heterocycles. The van der Waals surface area contributed by atoms with Crippen LogP contribution in [0.15, 0.2) is 36.5 Å². The van der Waals surface area contributed by atoms with Crippen LogP contribution in [0.1, 0.15) is 41.6 Å². The number of nitrogens with zero attached hydrogens (tertiary/aromatic N) is 3. The molecule has 2 amide bonds. The maximum absolute atomic E-state index is 13.7. The molecule has 1 unspecified atom stereocenters. The molecular formula is C28H32N4O4. The summed E-state index contributed by atoms with van der Waals surface area (Å²) in [6.45, 7) is 5.51. The first-order valence-corrected chi connectivity index (χ1v) is 12.6. The number of nitrogens with one attached hydrogen (secondary N) is 1. The number of carbonyl (C=O) groups excluding carboxylic acids is 1. The number of H-pyrrole nitrogens is 1. The fourth-order valence-electron chi connectivity index (χ4n) is 5.36. The third-order valence-corrected chi connectivity index (χ3v) is 7.19. The van der Waals surface area contributed by atoms with Gasteiger partial charge in [-0.3, -0.25) is 0 Å². The van der Waals surface area contributed by atoms with Crippen molar-refractivity contribution in [2.75, 3.05) is 46.6 Å². The third-order valence-electron chi connectivity index (χ3n) is 7.19. The van der Waals surface area contributed by atoms with E-state index in [-0.39, 0.29) is 12.1 Å². The zero-order valence-electron chi connectivity index (χ0n) is 20.9. The van der Waals surface area contributed by atoms with Gasteiger partial charge in [0.05, 0.1) is 44.6 Å². The second-order valence-electron chi connectivity index (χ2n) is 9.20. The van der Waals surface area contributed by atoms with Crippen LogP contribution in [0.3, 0.4) is 0 Å². The molecule has 8 nitrogen and oxygen atoms in total. The smallest absolute Gasteiger partial charge is 0.320 e. The van der Waals surface area contributed by atoms with Crippen LogP contribution in [0, 0.1) is 11.3 Å². The van der Waals surface area contributed by atoms with E-state index in [1.165, 1.54) is 5.56 Å². The van der Waals surface area contributed by atoms with Crippen LogP contribution < -0.4 is 9.47 Å². The molecule has 1 fully saturated rings. The molecule has 3 aromatic rings. The van der Waals surface area contributed by atoms with E-state index in [1.54, 1.807) is 7.11 Å². The fourth-order valence-corrected chi connectivity index (χ4v) is 5.36.